The Morgan fingerprint density at radius 3 is 2.59 bits per heavy atom. The normalized spacial score (nSPS) is 22.1. The summed E-state index contributed by atoms with van der Waals surface area (Å²) in [4.78, 5) is 10.5. The summed E-state index contributed by atoms with van der Waals surface area (Å²) in [6.07, 6.45) is -2.09. The summed E-state index contributed by atoms with van der Waals surface area (Å²) < 4.78 is 37.8. The van der Waals surface area contributed by atoms with Crippen LogP contribution in [-0.4, -0.2) is 48.6 Å². The Labute approximate surface area is 163 Å². The van der Waals surface area contributed by atoms with E-state index in [2.05, 4.69) is 39.4 Å². The molecule has 1 aromatic heterocycles. The second-order valence-electron chi connectivity index (χ2n) is 7.31. The summed E-state index contributed by atoms with van der Waals surface area (Å²) in [5.74, 6) is 2.11. The minimum absolute atomic E-state index is 0.136. The third kappa shape index (κ3) is 7.65. The maximum Gasteiger partial charge on any atom is 0.434 e. The van der Waals surface area contributed by atoms with E-state index in [1.54, 1.807) is 0 Å². The number of alkyl halides is 3. The van der Waals surface area contributed by atoms with Crippen molar-refractivity contribution in [1.82, 2.24) is 20.5 Å². The molecule has 0 aromatic carbocycles. The van der Waals surface area contributed by atoms with Crippen LogP contribution < -0.4 is 10.6 Å². The number of thiazole rings is 1. The van der Waals surface area contributed by atoms with Gasteiger partial charge in [-0.05, 0) is 38.1 Å². The fourth-order valence-corrected chi connectivity index (χ4v) is 4.21. The van der Waals surface area contributed by atoms with Crippen molar-refractivity contribution >= 4 is 17.3 Å². The standard InChI is InChI=1S/C18H30F3N5S/c1-4-22-17(24-9-16-25-15(12-27-16)18(19,20)21)23-6-5-7-26-10-13(2)8-14(3)11-26/h12-14H,4-11H2,1-3H3,(H2,22,23,24). The first kappa shape index (κ1) is 21.9. The molecule has 0 aliphatic carbocycles. The second kappa shape index (κ2) is 10.3. The van der Waals surface area contributed by atoms with Crippen LogP contribution in [0.25, 0.3) is 0 Å². The lowest BCUT2D eigenvalue weighted by atomic mass is 9.92. The summed E-state index contributed by atoms with van der Waals surface area (Å²) >= 11 is 0.984. The Hall–Kier alpha value is -1.35. The lowest BCUT2D eigenvalue weighted by Crippen LogP contribution is -2.41. The smallest absolute Gasteiger partial charge is 0.357 e. The second-order valence-corrected chi connectivity index (χ2v) is 8.25. The van der Waals surface area contributed by atoms with E-state index in [-0.39, 0.29) is 6.54 Å². The van der Waals surface area contributed by atoms with Gasteiger partial charge in [-0.2, -0.15) is 13.2 Å². The predicted molar refractivity (Wildman–Crippen MR) is 104 cm³/mol. The molecule has 1 aromatic rings. The zero-order valence-corrected chi connectivity index (χ0v) is 17.1. The van der Waals surface area contributed by atoms with Gasteiger partial charge in [0, 0.05) is 31.6 Å². The van der Waals surface area contributed by atoms with E-state index in [1.165, 1.54) is 6.42 Å². The van der Waals surface area contributed by atoms with Gasteiger partial charge < -0.3 is 15.5 Å². The summed E-state index contributed by atoms with van der Waals surface area (Å²) in [6, 6.07) is 0. The van der Waals surface area contributed by atoms with Crippen LogP contribution in [0.3, 0.4) is 0 Å². The Morgan fingerprint density at radius 1 is 1.30 bits per heavy atom. The molecule has 2 unspecified atom stereocenters. The maximum absolute atomic E-state index is 12.6. The van der Waals surface area contributed by atoms with Gasteiger partial charge in [-0.25, -0.2) is 9.98 Å². The van der Waals surface area contributed by atoms with Crippen LogP contribution in [0.1, 0.15) is 44.3 Å². The van der Waals surface area contributed by atoms with Crippen LogP contribution in [0.2, 0.25) is 0 Å². The van der Waals surface area contributed by atoms with Gasteiger partial charge in [0.1, 0.15) is 5.01 Å². The summed E-state index contributed by atoms with van der Waals surface area (Å²) in [7, 11) is 0. The summed E-state index contributed by atoms with van der Waals surface area (Å²) in [5, 5.41) is 7.77. The molecule has 1 aliphatic heterocycles. The monoisotopic (exact) mass is 405 g/mol. The maximum atomic E-state index is 12.6. The van der Waals surface area contributed by atoms with E-state index < -0.39 is 11.9 Å². The van der Waals surface area contributed by atoms with Crippen molar-refractivity contribution < 1.29 is 13.2 Å². The lowest BCUT2D eigenvalue weighted by molar-refractivity contribution is -0.140. The van der Waals surface area contributed by atoms with Gasteiger partial charge in [0.25, 0.3) is 0 Å². The van der Waals surface area contributed by atoms with Gasteiger partial charge in [0.05, 0.1) is 6.54 Å². The molecule has 0 radical (unpaired) electrons. The Kier molecular flexibility index (Phi) is 8.34. The third-order valence-corrected chi connectivity index (χ3v) is 5.28. The molecule has 1 fully saturated rings. The molecular weight excluding hydrogens is 375 g/mol. The van der Waals surface area contributed by atoms with Crippen molar-refractivity contribution in [3.63, 3.8) is 0 Å². The zero-order valence-electron chi connectivity index (χ0n) is 16.3. The molecule has 2 rings (SSSR count). The number of likely N-dealkylation sites (tertiary alicyclic amines) is 1. The topological polar surface area (TPSA) is 52.6 Å². The van der Waals surface area contributed by atoms with Gasteiger partial charge in [0.15, 0.2) is 11.7 Å². The first-order valence-electron chi connectivity index (χ1n) is 9.54. The molecule has 154 valence electrons. The molecule has 1 aliphatic rings. The molecule has 5 nitrogen and oxygen atoms in total. The fourth-order valence-electron chi connectivity index (χ4n) is 3.49. The number of hydrogen-bond acceptors (Lipinski definition) is 4. The van der Waals surface area contributed by atoms with Crippen molar-refractivity contribution in [2.75, 3.05) is 32.7 Å². The van der Waals surface area contributed by atoms with Gasteiger partial charge in [-0.15, -0.1) is 11.3 Å². The molecule has 0 amide bonds. The predicted octanol–water partition coefficient (Wildman–Crippen LogP) is 3.59. The van der Waals surface area contributed by atoms with Gasteiger partial charge in [-0.3, -0.25) is 0 Å². The highest BCUT2D eigenvalue weighted by molar-refractivity contribution is 7.09. The van der Waals surface area contributed by atoms with E-state index in [9.17, 15) is 13.2 Å². The van der Waals surface area contributed by atoms with Crippen LogP contribution in [0, 0.1) is 11.8 Å². The van der Waals surface area contributed by atoms with Crippen molar-refractivity contribution in [2.24, 2.45) is 16.8 Å². The van der Waals surface area contributed by atoms with Gasteiger partial charge in [-0.1, -0.05) is 13.8 Å². The molecule has 0 spiro atoms. The number of nitrogens with zero attached hydrogens (tertiary/aromatic N) is 3. The fraction of sp³-hybridized carbons (Fsp3) is 0.778. The van der Waals surface area contributed by atoms with E-state index in [0.717, 1.165) is 61.2 Å². The van der Waals surface area contributed by atoms with Crippen molar-refractivity contribution in [2.45, 2.75) is 46.3 Å². The van der Waals surface area contributed by atoms with Crippen molar-refractivity contribution in [1.29, 1.82) is 0 Å². The minimum Gasteiger partial charge on any atom is -0.357 e. The molecule has 2 atom stereocenters. The molecule has 1 saturated heterocycles. The number of piperidine rings is 1. The Bertz CT molecular complexity index is 592. The number of rotatable bonds is 7. The van der Waals surface area contributed by atoms with Gasteiger partial charge in [0.2, 0.25) is 0 Å². The van der Waals surface area contributed by atoms with E-state index >= 15 is 0 Å². The largest absolute Gasteiger partial charge is 0.434 e. The number of nitrogens with one attached hydrogen (secondary N) is 2. The first-order chi connectivity index (χ1) is 12.8. The van der Waals surface area contributed by atoms with Crippen LogP contribution >= 0.6 is 11.3 Å². The number of guanidine groups is 1. The molecule has 27 heavy (non-hydrogen) atoms. The average Bonchev–Trinajstić information content (AvgIpc) is 3.05. The van der Waals surface area contributed by atoms with E-state index in [1.807, 2.05) is 6.92 Å². The van der Waals surface area contributed by atoms with Crippen LogP contribution in [0.4, 0.5) is 13.2 Å². The van der Waals surface area contributed by atoms with Crippen molar-refractivity contribution in [3.05, 3.63) is 16.1 Å². The Balaban J connectivity index is 1.77. The Morgan fingerprint density at radius 2 is 2.00 bits per heavy atom. The highest BCUT2D eigenvalue weighted by Gasteiger charge is 2.33. The molecule has 9 heteroatoms. The minimum atomic E-state index is -4.40. The quantitative estimate of drug-likeness (QED) is 0.414. The third-order valence-electron chi connectivity index (χ3n) is 4.45. The van der Waals surface area contributed by atoms with Gasteiger partial charge >= 0.3 is 6.18 Å². The molecular formula is C18H30F3N5S. The number of aromatic nitrogens is 1. The average molecular weight is 406 g/mol. The van der Waals surface area contributed by atoms with Crippen molar-refractivity contribution in [3.8, 4) is 0 Å². The van der Waals surface area contributed by atoms with E-state index in [0.29, 0.717) is 17.5 Å². The molecule has 2 heterocycles. The SMILES string of the molecule is CCNC(=NCc1nc(C(F)(F)F)cs1)NCCCN1CC(C)CC(C)C1. The lowest BCUT2D eigenvalue weighted by Gasteiger charge is -2.35. The van der Waals surface area contributed by atoms with E-state index in [4.69, 9.17) is 0 Å². The highest BCUT2D eigenvalue weighted by atomic mass is 32.1. The zero-order chi connectivity index (χ0) is 19.9. The number of aliphatic imine (C=N–C) groups is 1. The summed E-state index contributed by atoms with van der Waals surface area (Å²) in [5.41, 5.74) is -0.847. The molecule has 2 N–H and O–H groups in total. The molecule has 0 saturated carbocycles. The number of halogens is 3. The van der Waals surface area contributed by atoms with Crippen LogP contribution in [-0.2, 0) is 12.7 Å². The molecule has 0 bridgehead atoms. The van der Waals surface area contributed by atoms with Crippen LogP contribution in [0.15, 0.2) is 10.4 Å². The first-order valence-corrected chi connectivity index (χ1v) is 10.4. The highest BCUT2D eigenvalue weighted by Crippen LogP contribution is 2.30. The van der Waals surface area contributed by atoms with Crippen LogP contribution in [0.5, 0.6) is 0 Å². The number of hydrogen-bond donors (Lipinski definition) is 2. The summed E-state index contributed by atoms with van der Waals surface area (Å²) in [6.45, 7) is 11.5.